The number of hydrogen-bond donors (Lipinski definition) is 3. The molecule has 0 heterocycles. The minimum Gasteiger partial charge on any atom is -0.810 e. The van der Waals surface area contributed by atoms with Gasteiger partial charge in [-0.15, -0.1) is 24.3 Å². The Hall–Kier alpha value is -4.58. The smallest absolute Gasteiger partial charge is 0.810 e. The number of nitrogens with zero attached hydrogens (tertiary/aromatic N) is 2. The molecule has 0 aromatic heterocycles. The zero-order valence-corrected chi connectivity index (χ0v) is 38.7. The van der Waals surface area contributed by atoms with Crippen LogP contribution < -0.4 is 0 Å². The van der Waals surface area contributed by atoms with Crippen LogP contribution in [0.15, 0.2) is 84.9 Å². The van der Waals surface area contributed by atoms with Crippen LogP contribution in [-0.2, 0) is 39.0 Å². The number of rotatable bonds is 6. The molecule has 0 bridgehead atoms. The van der Waals surface area contributed by atoms with Crippen molar-refractivity contribution in [1.29, 1.82) is 0 Å². The Morgan fingerprint density at radius 1 is 0.460 bits per heavy atom. The van der Waals surface area contributed by atoms with E-state index in [4.69, 9.17) is 5.11 Å². The van der Waals surface area contributed by atoms with E-state index in [9.17, 15) is 60.5 Å². The summed E-state index contributed by atoms with van der Waals surface area (Å²) < 4.78 is 103. The van der Waals surface area contributed by atoms with Crippen molar-refractivity contribution in [2.75, 3.05) is 0 Å². The molecule has 0 aliphatic heterocycles. The molecule has 3 N–H and O–H groups in total. The van der Waals surface area contributed by atoms with Gasteiger partial charge in [-0.3, -0.25) is 0 Å². The maximum atomic E-state index is 12.1. The van der Waals surface area contributed by atoms with Gasteiger partial charge in [-0.2, -0.15) is 71.8 Å². The van der Waals surface area contributed by atoms with E-state index in [1.807, 2.05) is 60.7 Å². The first kappa shape index (κ1) is 58.4. The molecular weight excluding hydrogens is 876 g/mol. The topological polar surface area (TPSA) is 105 Å². The van der Waals surface area contributed by atoms with Crippen molar-refractivity contribution in [1.82, 2.24) is 0 Å². The molecule has 0 unspecified atom stereocenters. The molecule has 0 radical (unpaired) electrons. The van der Waals surface area contributed by atoms with Crippen LogP contribution in [0, 0.1) is 12.8 Å². The molecule has 346 valence electrons. The first-order valence-electron chi connectivity index (χ1n) is 19.3. The summed E-state index contributed by atoms with van der Waals surface area (Å²) in [5.74, 6) is 0.348. The summed E-state index contributed by atoms with van der Waals surface area (Å²) in [6.07, 6.45) is -14.3. The van der Waals surface area contributed by atoms with Crippen molar-refractivity contribution < 1.29 is 72.2 Å². The standard InChI is InChI=1S/2C15H22NO.C14H12.C4HF9O.Cr/c2*1-14(2,3)11-7-10(9-16)13(17)12(8-11)15(4,5)6;1-3-7-13(8-4-1)11-12-14-9-5-2-6-10-14;5-1(2(6,7)8,3(9,10)11)4(12,13)14;/h2*7-9,17H,1-6H3;1-12H;14H;/q2*-1;-2;;+4. The van der Waals surface area contributed by atoms with Crippen LogP contribution in [0.25, 0.3) is 10.8 Å². The van der Waals surface area contributed by atoms with Crippen LogP contribution in [0.3, 0.4) is 0 Å². The molecule has 4 aromatic carbocycles. The largest absolute Gasteiger partial charge is 4.00 e. The van der Waals surface area contributed by atoms with E-state index in [2.05, 4.69) is 120 Å². The normalized spacial score (nSPS) is 12.4. The summed E-state index contributed by atoms with van der Waals surface area (Å²) >= 11 is 0. The van der Waals surface area contributed by atoms with Crippen LogP contribution >= 0.6 is 0 Å². The molecule has 5 nitrogen and oxygen atoms in total. The molecule has 0 spiro atoms. The Labute approximate surface area is 376 Å². The van der Waals surface area contributed by atoms with Crippen LogP contribution in [0.4, 0.5) is 39.5 Å². The summed E-state index contributed by atoms with van der Waals surface area (Å²) in [6.45, 7) is 25.0. The van der Waals surface area contributed by atoms with Crippen LogP contribution in [0.2, 0.25) is 0 Å². The van der Waals surface area contributed by atoms with Gasteiger partial charge in [0, 0.05) is 11.1 Å². The van der Waals surface area contributed by atoms with Crippen LogP contribution in [-0.4, -0.2) is 51.9 Å². The van der Waals surface area contributed by atoms with Crippen molar-refractivity contribution in [2.45, 2.75) is 129 Å². The predicted molar refractivity (Wildman–Crippen MR) is 231 cm³/mol. The summed E-state index contributed by atoms with van der Waals surface area (Å²) in [5.41, 5.74) is 0.116. The Morgan fingerprint density at radius 3 is 0.905 bits per heavy atom. The Kier molecular flexibility index (Phi) is 20.3. The fourth-order valence-corrected chi connectivity index (χ4v) is 5.34. The van der Waals surface area contributed by atoms with Crippen molar-refractivity contribution in [2.24, 2.45) is 0 Å². The summed E-state index contributed by atoms with van der Waals surface area (Å²) in [7, 11) is 0. The number of aliphatic hydroxyl groups is 1. The number of phenolic OH excluding ortho intramolecular Hbond substituents is 2. The zero-order valence-electron chi connectivity index (χ0n) is 37.4. The summed E-state index contributed by atoms with van der Waals surface area (Å²) in [4.78, 5) is 0. The average Bonchev–Trinajstić information content (AvgIpc) is 3.12. The molecule has 0 atom stereocenters. The van der Waals surface area contributed by atoms with Gasteiger partial charge < -0.3 is 26.1 Å². The van der Waals surface area contributed by atoms with Crippen molar-refractivity contribution in [3.63, 3.8) is 0 Å². The Bertz CT molecular complexity index is 1890. The summed E-state index contributed by atoms with van der Waals surface area (Å²) in [5, 5.41) is 45.9. The molecule has 0 fully saturated rings. The molecule has 15 heteroatoms. The number of aromatic hydroxyl groups is 2. The number of hydrogen-bond acceptors (Lipinski definition) is 3. The van der Waals surface area contributed by atoms with Gasteiger partial charge in [-0.1, -0.05) is 107 Å². The van der Waals surface area contributed by atoms with E-state index in [0.29, 0.717) is 11.1 Å². The third kappa shape index (κ3) is 16.5. The third-order valence-electron chi connectivity index (χ3n) is 9.17. The van der Waals surface area contributed by atoms with Crippen LogP contribution in [0.1, 0.15) is 128 Å². The quantitative estimate of drug-likeness (QED) is 0.102. The minimum atomic E-state index is -6.97. The van der Waals surface area contributed by atoms with Crippen LogP contribution in [0.5, 0.6) is 11.5 Å². The third-order valence-corrected chi connectivity index (χ3v) is 9.17. The summed E-state index contributed by atoms with van der Waals surface area (Å²) in [6, 6.07) is 28.4. The van der Waals surface area contributed by atoms with E-state index in [1.54, 1.807) is 0 Å². The second kappa shape index (κ2) is 21.9. The van der Waals surface area contributed by atoms with E-state index < -0.39 is 24.1 Å². The second-order valence-corrected chi connectivity index (χ2v) is 18.5. The fraction of sp³-hybridized carbons (Fsp3) is 0.417. The monoisotopic (exact) mass is 932 g/mol. The molecular formula is C48H57CrF9N2O3. The van der Waals surface area contributed by atoms with E-state index in [1.165, 1.54) is 11.1 Å². The van der Waals surface area contributed by atoms with Gasteiger partial charge in [0.2, 0.25) is 0 Å². The Morgan fingerprint density at radius 2 is 0.730 bits per heavy atom. The second-order valence-electron chi connectivity index (χ2n) is 18.5. The predicted octanol–water partition coefficient (Wildman–Crippen LogP) is 13.8. The SMILES string of the molecule is CC(C)(C)c1cc(C=[N-])c(O)c(C(C)(C)C)c1.CC(C)(C)c1cc(C=[N-])c(O)c(C(C)(C)C)c1.OC(F)(F)C(F)(C(F)(F)F)C(F)(F)F.[Cr+4].c1ccc([CH-][CH-]c2ccccc2)cc1. The molecule has 0 saturated carbocycles. The molecule has 0 saturated heterocycles. The van der Waals surface area contributed by atoms with Gasteiger partial charge in [0.25, 0.3) is 0 Å². The van der Waals surface area contributed by atoms with E-state index in [0.717, 1.165) is 34.7 Å². The van der Waals surface area contributed by atoms with Gasteiger partial charge in [0.05, 0.1) is 0 Å². The maximum absolute atomic E-state index is 12.1. The zero-order chi connectivity index (χ0) is 48.5. The van der Waals surface area contributed by atoms with Gasteiger partial charge in [0.15, 0.2) is 0 Å². The maximum Gasteiger partial charge on any atom is 4.00 e. The van der Waals surface area contributed by atoms with Crippen molar-refractivity contribution in [3.05, 3.63) is 153 Å². The molecule has 0 aliphatic rings. The number of benzene rings is 4. The number of phenols is 2. The minimum absolute atomic E-state index is 0. The molecule has 4 rings (SSSR count). The first-order valence-corrected chi connectivity index (χ1v) is 19.3. The van der Waals surface area contributed by atoms with Crippen molar-refractivity contribution >= 4 is 12.4 Å². The molecule has 0 amide bonds. The van der Waals surface area contributed by atoms with Gasteiger partial charge >= 0.3 is 41.5 Å². The fourth-order valence-electron chi connectivity index (χ4n) is 5.34. The molecule has 4 aromatic rings. The molecule has 63 heavy (non-hydrogen) atoms. The van der Waals surface area contributed by atoms with E-state index in [-0.39, 0.29) is 50.5 Å². The Balaban J connectivity index is 0.000000813. The van der Waals surface area contributed by atoms with E-state index >= 15 is 0 Å². The average molecular weight is 933 g/mol. The van der Waals surface area contributed by atoms with Gasteiger partial charge in [-0.05, 0) is 56.0 Å². The molecule has 0 aliphatic carbocycles. The van der Waals surface area contributed by atoms with Gasteiger partial charge in [-0.25, -0.2) is 28.4 Å². The first-order chi connectivity index (χ1) is 27.8. The number of alkyl halides is 9. The van der Waals surface area contributed by atoms with Gasteiger partial charge in [0.1, 0.15) is 11.5 Å². The van der Waals surface area contributed by atoms with Crippen molar-refractivity contribution in [3.8, 4) is 11.5 Å². The number of halogens is 9.